The van der Waals surface area contributed by atoms with Crippen molar-refractivity contribution in [2.45, 2.75) is 19.9 Å². The lowest BCUT2D eigenvalue weighted by Gasteiger charge is -2.17. The summed E-state index contributed by atoms with van der Waals surface area (Å²) < 4.78 is 17.8. The number of anilines is 1. The third-order valence-electron chi connectivity index (χ3n) is 2.42. The largest absolute Gasteiger partial charge is 0.467 e. The molecule has 19 heavy (non-hydrogen) atoms. The number of esters is 1. The van der Waals surface area contributed by atoms with Crippen LogP contribution in [0.3, 0.4) is 0 Å². The number of ether oxygens (including phenoxy) is 1. The number of carbonyl (C=O) groups is 2. The maximum absolute atomic E-state index is 13.2. The van der Waals surface area contributed by atoms with E-state index in [1.807, 2.05) is 0 Å². The summed E-state index contributed by atoms with van der Waals surface area (Å²) in [6.45, 7) is 3.19. The van der Waals surface area contributed by atoms with Gasteiger partial charge >= 0.3 is 5.97 Å². The second-order valence-corrected chi connectivity index (χ2v) is 4.17. The van der Waals surface area contributed by atoms with E-state index in [-0.39, 0.29) is 18.3 Å². The quantitative estimate of drug-likeness (QED) is 0.788. The zero-order chi connectivity index (χ0) is 14.4. The van der Waals surface area contributed by atoms with Crippen LogP contribution in [0.4, 0.5) is 10.1 Å². The van der Waals surface area contributed by atoms with Crippen molar-refractivity contribution in [2.24, 2.45) is 0 Å². The van der Waals surface area contributed by atoms with Gasteiger partial charge in [0.15, 0.2) is 0 Å². The Balaban J connectivity index is 2.69. The molecular formula is C13H17FN2O3. The summed E-state index contributed by atoms with van der Waals surface area (Å²) in [5, 5.41) is 5.35. The molecule has 0 spiro atoms. The lowest BCUT2D eigenvalue weighted by atomic mass is 10.2. The Bertz CT molecular complexity index is 457. The van der Waals surface area contributed by atoms with Crippen LogP contribution >= 0.6 is 0 Å². The van der Waals surface area contributed by atoms with Gasteiger partial charge in [-0.1, -0.05) is 0 Å². The van der Waals surface area contributed by atoms with E-state index in [9.17, 15) is 14.0 Å². The van der Waals surface area contributed by atoms with Gasteiger partial charge in [0.25, 0.3) is 0 Å². The standard InChI is InChI=1S/C13H17FN2O3/c1-8-4-10(14)6-11(5-8)15-7-12(13(18)19-3)16-9(2)17/h4-6,12,15H,7H2,1-3H3,(H,16,17). The van der Waals surface area contributed by atoms with Crippen LogP contribution in [-0.2, 0) is 14.3 Å². The first-order valence-corrected chi connectivity index (χ1v) is 5.78. The van der Waals surface area contributed by atoms with Crippen molar-refractivity contribution < 1.29 is 18.7 Å². The van der Waals surface area contributed by atoms with Gasteiger partial charge in [-0.25, -0.2) is 9.18 Å². The smallest absolute Gasteiger partial charge is 0.330 e. The van der Waals surface area contributed by atoms with Crippen LogP contribution in [0.5, 0.6) is 0 Å². The second kappa shape index (κ2) is 6.72. The predicted molar refractivity (Wildman–Crippen MR) is 69.2 cm³/mol. The first-order valence-electron chi connectivity index (χ1n) is 5.78. The fourth-order valence-electron chi connectivity index (χ4n) is 1.64. The Morgan fingerprint density at radius 1 is 1.37 bits per heavy atom. The molecule has 0 aliphatic rings. The number of rotatable bonds is 5. The number of hydrogen-bond acceptors (Lipinski definition) is 4. The van der Waals surface area contributed by atoms with E-state index < -0.39 is 12.0 Å². The highest BCUT2D eigenvalue weighted by Crippen LogP contribution is 2.13. The third kappa shape index (κ3) is 4.95. The Hall–Kier alpha value is -2.11. The molecule has 1 amide bonds. The number of methoxy groups -OCH3 is 1. The molecular weight excluding hydrogens is 251 g/mol. The summed E-state index contributed by atoms with van der Waals surface area (Å²) >= 11 is 0. The molecule has 0 heterocycles. The van der Waals surface area contributed by atoms with Gasteiger partial charge in [-0.15, -0.1) is 0 Å². The predicted octanol–water partition coefficient (Wildman–Crippen LogP) is 1.22. The molecule has 0 aliphatic heterocycles. The van der Waals surface area contributed by atoms with Crippen molar-refractivity contribution in [1.29, 1.82) is 0 Å². The van der Waals surface area contributed by atoms with Gasteiger partial charge in [0.2, 0.25) is 5.91 Å². The Morgan fingerprint density at radius 3 is 2.58 bits per heavy atom. The Labute approximate surface area is 111 Å². The normalized spacial score (nSPS) is 11.6. The van der Waals surface area contributed by atoms with E-state index in [4.69, 9.17) is 0 Å². The first kappa shape index (κ1) is 14.9. The molecule has 0 aromatic heterocycles. The number of hydrogen-bond donors (Lipinski definition) is 2. The maximum Gasteiger partial charge on any atom is 0.330 e. The number of benzene rings is 1. The van der Waals surface area contributed by atoms with E-state index in [2.05, 4.69) is 15.4 Å². The fraction of sp³-hybridized carbons (Fsp3) is 0.385. The summed E-state index contributed by atoms with van der Waals surface area (Å²) in [5.74, 6) is -1.26. The van der Waals surface area contributed by atoms with Crippen LogP contribution < -0.4 is 10.6 Å². The Morgan fingerprint density at radius 2 is 2.05 bits per heavy atom. The van der Waals surface area contributed by atoms with E-state index in [1.54, 1.807) is 13.0 Å². The average Bonchev–Trinajstić information content (AvgIpc) is 2.31. The maximum atomic E-state index is 13.2. The number of amides is 1. The molecule has 0 bridgehead atoms. The van der Waals surface area contributed by atoms with Crippen molar-refractivity contribution in [3.05, 3.63) is 29.6 Å². The molecule has 6 heteroatoms. The van der Waals surface area contributed by atoms with Crippen LogP contribution in [0.25, 0.3) is 0 Å². The average molecular weight is 268 g/mol. The van der Waals surface area contributed by atoms with E-state index in [0.717, 1.165) is 5.56 Å². The molecule has 1 atom stereocenters. The minimum Gasteiger partial charge on any atom is -0.467 e. The molecule has 1 aromatic carbocycles. The highest BCUT2D eigenvalue weighted by atomic mass is 19.1. The van der Waals surface area contributed by atoms with Crippen molar-refractivity contribution >= 4 is 17.6 Å². The fourth-order valence-corrected chi connectivity index (χ4v) is 1.64. The molecule has 5 nitrogen and oxygen atoms in total. The van der Waals surface area contributed by atoms with Crippen LogP contribution in [0, 0.1) is 12.7 Å². The highest BCUT2D eigenvalue weighted by molar-refractivity contribution is 5.83. The topological polar surface area (TPSA) is 67.4 Å². The molecule has 1 unspecified atom stereocenters. The summed E-state index contributed by atoms with van der Waals surface area (Å²) in [4.78, 5) is 22.4. The van der Waals surface area contributed by atoms with Gasteiger partial charge < -0.3 is 15.4 Å². The van der Waals surface area contributed by atoms with E-state index in [1.165, 1.54) is 26.2 Å². The lowest BCUT2D eigenvalue weighted by Crippen LogP contribution is -2.45. The molecule has 1 rings (SSSR count). The monoisotopic (exact) mass is 268 g/mol. The van der Waals surface area contributed by atoms with Crippen LogP contribution in [0.15, 0.2) is 18.2 Å². The van der Waals surface area contributed by atoms with Crippen molar-refractivity contribution in [3.63, 3.8) is 0 Å². The molecule has 0 saturated heterocycles. The van der Waals surface area contributed by atoms with Crippen molar-refractivity contribution in [3.8, 4) is 0 Å². The summed E-state index contributed by atoms with van der Waals surface area (Å²) in [5.41, 5.74) is 1.30. The van der Waals surface area contributed by atoms with Crippen LogP contribution in [-0.4, -0.2) is 31.6 Å². The molecule has 0 saturated carbocycles. The molecule has 0 fully saturated rings. The first-order chi connectivity index (χ1) is 8.92. The highest BCUT2D eigenvalue weighted by Gasteiger charge is 2.19. The molecule has 104 valence electrons. The van der Waals surface area contributed by atoms with Gasteiger partial charge in [-0.2, -0.15) is 0 Å². The lowest BCUT2D eigenvalue weighted by molar-refractivity contribution is -0.144. The van der Waals surface area contributed by atoms with Gasteiger partial charge in [0.1, 0.15) is 11.9 Å². The number of carbonyl (C=O) groups excluding carboxylic acids is 2. The number of halogens is 1. The van der Waals surface area contributed by atoms with Gasteiger partial charge in [0.05, 0.1) is 7.11 Å². The van der Waals surface area contributed by atoms with Crippen LogP contribution in [0.1, 0.15) is 12.5 Å². The van der Waals surface area contributed by atoms with Crippen LogP contribution in [0.2, 0.25) is 0 Å². The minimum atomic E-state index is -0.814. The van der Waals surface area contributed by atoms with Gasteiger partial charge in [-0.05, 0) is 30.7 Å². The Kier molecular flexibility index (Phi) is 5.29. The molecule has 0 radical (unpaired) electrons. The summed E-state index contributed by atoms with van der Waals surface area (Å²) in [6, 6.07) is 3.64. The minimum absolute atomic E-state index is 0.120. The zero-order valence-corrected chi connectivity index (χ0v) is 11.1. The summed E-state index contributed by atoms with van der Waals surface area (Å²) in [7, 11) is 1.24. The van der Waals surface area contributed by atoms with Crippen molar-refractivity contribution in [2.75, 3.05) is 19.0 Å². The SMILES string of the molecule is COC(=O)C(CNc1cc(C)cc(F)c1)NC(C)=O. The van der Waals surface area contributed by atoms with Crippen molar-refractivity contribution in [1.82, 2.24) is 5.32 Å². The zero-order valence-electron chi connectivity index (χ0n) is 11.1. The number of aryl methyl sites for hydroxylation is 1. The molecule has 1 aromatic rings. The third-order valence-corrected chi connectivity index (χ3v) is 2.42. The van der Waals surface area contributed by atoms with Gasteiger partial charge in [0, 0.05) is 19.2 Å². The number of nitrogens with one attached hydrogen (secondary N) is 2. The van der Waals surface area contributed by atoms with Gasteiger partial charge in [-0.3, -0.25) is 4.79 Å². The molecule has 2 N–H and O–H groups in total. The van der Waals surface area contributed by atoms with E-state index in [0.29, 0.717) is 5.69 Å². The summed E-state index contributed by atoms with van der Waals surface area (Å²) in [6.07, 6.45) is 0. The second-order valence-electron chi connectivity index (χ2n) is 4.17. The molecule has 0 aliphatic carbocycles. The van der Waals surface area contributed by atoms with E-state index >= 15 is 0 Å².